The van der Waals surface area contributed by atoms with Crippen molar-refractivity contribution in [2.45, 2.75) is 17.4 Å². The molecule has 2 aliphatic heterocycles. The number of hydrogen-bond donors (Lipinski definition) is 1. The lowest BCUT2D eigenvalue weighted by atomic mass is 10.1. The molecule has 2 heterocycles. The standard InChI is InChI=1S/C11H13NO3S/c13-16(14)4-3-8-5-9(1-2-11(8)16)15-10-6-12-7-10/h1-2,5,10,12H,3-4,6-7H2. The van der Waals surface area contributed by atoms with E-state index in [1.165, 1.54) is 0 Å². The molecule has 1 N–H and O–H groups in total. The number of rotatable bonds is 2. The van der Waals surface area contributed by atoms with E-state index >= 15 is 0 Å². The number of aryl methyl sites for hydroxylation is 1. The Bertz CT molecular complexity index is 520. The number of ether oxygens (including phenoxy) is 1. The van der Waals surface area contributed by atoms with Crippen molar-refractivity contribution in [3.8, 4) is 5.75 Å². The molecule has 86 valence electrons. The molecule has 0 aromatic heterocycles. The van der Waals surface area contributed by atoms with E-state index in [0.29, 0.717) is 11.3 Å². The minimum Gasteiger partial charge on any atom is -0.488 e. The summed E-state index contributed by atoms with van der Waals surface area (Å²) in [6, 6.07) is 5.28. The van der Waals surface area contributed by atoms with Crippen LogP contribution in [0.3, 0.4) is 0 Å². The fourth-order valence-corrected chi connectivity index (χ4v) is 3.56. The highest BCUT2D eigenvalue weighted by molar-refractivity contribution is 7.91. The average molecular weight is 239 g/mol. The van der Waals surface area contributed by atoms with Crippen molar-refractivity contribution in [2.75, 3.05) is 18.8 Å². The van der Waals surface area contributed by atoms with E-state index in [0.717, 1.165) is 24.4 Å². The summed E-state index contributed by atoms with van der Waals surface area (Å²) < 4.78 is 28.9. The van der Waals surface area contributed by atoms with Gasteiger partial charge in [0, 0.05) is 13.1 Å². The normalized spacial score (nSPS) is 22.5. The second-order valence-electron chi connectivity index (χ2n) is 4.24. The Kier molecular flexibility index (Phi) is 2.19. The lowest BCUT2D eigenvalue weighted by Gasteiger charge is -2.27. The first-order valence-corrected chi connectivity index (χ1v) is 7.03. The van der Waals surface area contributed by atoms with Gasteiger partial charge in [0.15, 0.2) is 9.84 Å². The van der Waals surface area contributed by atoms with Crippen molar-refractivity contribution in [1.82, 2.24) is 5.32 Å². The molecule has 0 amide bonds. The molecule has 4 nitrogen and oxygen atoms in total. The molecule has 1 fully saturated rings. The lowest BCUT2D eigenvalue weighted by molar-refractivity contribution is 0.142. The van der Waals surface area contributed by atoms with Gasteiger partial charge >= 0.3 is 0 Å². The SMILES string of the molecule is O=S1(=O)CCc2cc(OC3CNC3)ccc21. The molecule has 0 atom stereocenters. The van der Waals surface area contributed by atoms with Gasteiger partial charge in [0.05, 0.1) is 10.6 Å². The van der Waals surface area contributed by atoms with Crippen LogP contribution in [0.4, 0.5) is 0 Å². The molecular formula is C11H13NO3S. The minimum absolute atomic E-state index is 0.232. The van der Waals surface area contributed by atoms with Gasteiger partial charge in [-0.25, -0.2) is 8.42 Å². The summed E-state index contributed by atoms with van der Waals surface area (Å²) >= 11 is 0. The van der Waals surface area contributed by atoms with E-state index in [2.05, 4.69) is 5.32 Å². The van der Waals surface area contributed by atoms with Crippen LogP contribution in [0.5, 0.6) is 5.75 Å². The van der Waals surface area contributed by atoms with E-state index in [4.69, 9.17) is 4.74 Å². The van der Waals surface area contributed by atoms with Gasteiger partial charge in [0.25, 0.3) is 0 Å². The molecular weight excluding hydrogens is 226 g/mol. The zero-order valence-corrected chi connectivity index (χ0v) is 9.59. The second-order valence-corrected chi connectivity index (χ2v) is 6.31. The average Bonchev–Trinajstić information content (AvgIpc) is 2.49. The summed E-state index contributed by atoms with van der Waals surface area (Å²) in [5.74, 6) is 1.01. The van der Waals surface area contributed by atoms with Crippen molar-refractivity contribution in [2.24, 2.45) is 0 Å². The van der Waals surface area contributed by atoms with Crippen molar-refractivity contribution in [1.29, 1.82) is 0 Å². The third-order valence-corrected chi connectivity index (χ3v) is 4.86. The van der Waals surface area contributed by atoms with Crippen LogP contribution < -0.4 is 10.1 Å². The molecule has 0 unspecified atom stereocenters. The first kappa shape index (κ1) is 10.1. The Hall–Kier alpha value is -1.07. The van der Waals surface area contributed by atoms with E-state index in [-0.39, 0.29) is 11.9 Å². The fraction of sp³-hybridized carbons (Fsp3) is 0.455. The first-order chi connectivity index (χ1) is 7.65. The number of fused-ring (bicyclic) bond motifs is 1. The fourth-order valence-electron chi connectivity index (χ4n) is 2.02. The van der Waals surface area contributed by atoms with Crippen LogP contribution in [0.25, 0.3) is 0 Å². The predicted molar refractivity (Wildman–Crippen MR) is 59.5 cm³/mol. The highest BCUT2D eigenvalue weighted by Gasteiger charge is 2.27. The van der Waals surface area contributed by atoms with Crippen LogP contribution in [-0.2, 0) is 16.3 Å². The molecule has 16 heavy (non-hydrogen) atoms. The molecule has 0 radical (unpaired) electrons. The van der Waals surface area contributed by atoms with Crippen molar-refractivity contribution >= 4 is 9.84 Å². The van der Waals surface area contributed by atoms with E-state index in [1.54, 1.807) is 12.1 Å². The number of benzene rings is 1. The summed E-state index contributed by atoms with van der Waals surface area (Å²) in [5, 5.41) is 3.13. The van der Waals surface area contributed by atoms with Crippen LogP contribution >= 0.6 is 0 Å². The maximum Gasteiger partial charge on any atom is 0.178 e. The molecule has 0 saturated carbocycles. The maximum absolute atomic E-state index is 11.6. The highest BCUT2D eigenvalue weighted by Crippen LogP contribution is 2.29. The molecule has 2 aliphatic rings. The van der Waals surface area contributed by atoms with E-state index in [9.17, 15) is 8.42 Å². The topological polar surface area (TPSA) is 55.4 Å². The van der Waals surface area contributed by atoms with Crippen LogP contribution in [-0.4, -0.2) is 33.4 Å². The minimum atomic E-state index is -3.01. The van der Waals surface area contributed by atoms with E-state index in [1.807, 2.05) is 6.07 Å². The molecule has 5 heteroatoms. The second kappa shape index (κ2) is 3.46. The Labute approximate surface area is 94.5 Å². The number of hydrogen-bond acceptors (Lipinski definition) is 4. The van der Waals surface area contributed by atoms with Gasteiger partial charge in [0.2, 0.25) is 0 Å². The number of nitrogens with one attached hydrogen (secondary N) is 1. The molecule has 0 bridgehead atoms. The Morgan fingerprint density at radius 2 is 2.12 bits per heavy atom. The summed E-state index contributed by atoms with van der Waals surface area (Å²) in [4.78, 5) is 0.478. The van der Waals surface area contributed by atoms with Gasteiger partial charge in [-0.15, -0.1) is 0 Å². The van der Waals surface area contributed by atoms with E-state index < -0.39 is 9.84 Å². The summed E-state index contributed by atoms with van der Waals surface area (Å²) in [6.45, 7) is 1.74. The largest absolute Gasteiger partial charge is 0.488 e. The molecule has 3 rings (SSSR count). The van der Waals surface area contributed by atoms with Gasteiger partial charge < -0.3 is 10.1 Å². The quantitative estimate of drug-likeness (QED) is 0.810. The third kappa shape index (κ3) is 1.60. The van der Waals surface area contributed by atoms with Gasteiger partial charge in [0.1, 0.15) is 11.9 Å². The maximum atomic E-state index is 11.6. The zero-order valence-electron chi connectivity index (χ0n) is 8.77. The Morgan fingerprint density at radius 3 is 2.81 bits per heavy atom. The van der Waals surface area contributed by atoms with Crippen molar-refractivity contribution < 1.29 is 13.2 Å². The molecule has 1 saturated heterocycles. The third-order valence-electron chi connectivity index (χ3n) is 3.05. The van der Waals surface area contributed by atoms with Gasteiger partial charge in [-0.3, -0.25) is 0 Å². The summed E-state index contributed by atoms with van der Waals surface area (Å²) in [6.07, 6.45) is 0.841. The predicted octanol–water partition coefficient (Wildman–Crippen LogP) is 0.367. The van der Waals surface area contributed by atoms with Gasteiger partial charge in [-0.05, 0) is 30.2 Å². The monoisotopic (exact) mass is 239 g/mol. The Balaban J connectivity index is 1.89. The van der Waals surface area contributed by atoms with Gasteiger partial charge in [-0.2, -0.15) is 0 Å². The zero-order chi connectivity index (χ0) is 11.2. The van der Waals surface area contributed by atoms with Crippen molar-refractivity contribution in [3.63, 3.8) is 0 Å². The van der Waals surface area contributed by atoms with Crippen LogP contribution in [0.2, 0.25) is 0 Å². The summed E-state index contributed by atoms with van der Waals surface area (Å²) in [5.41, 5.74) is 0.893. The number of sulfone groups is 1. The first-order valence-electron chi connectivity index (χ1n) is 5.38. The molecule has 0 spiro atoms. The van der Waals surface area contributed by atoms with Crippen LogP contribution in [0.15, 0.2) is 23.1 Å². The molecule has 1 aromatic carbocycles. The molecule has 0 aliphatic carbocycles. The van der Waals surface area contributed by atoms with Crippen LogP contribution in [0, 0.1) is 0 Å². The molecule has 1 aromatic rings. The highest BCUT2D eigenvalue weighted by atomic mass is 32.2. The van der Waals surface area contributed by atoms with Crippen molar-refractivity contribution in [3.05, 3.63) is 23.8 Å². The van der Waals surface area contributed by atoms with Gasteiger partial charge in [-0.1, -0.05) is 0 Å². The van der Waals surface area contributed by atoms with Crippen LogP contribution in [0.1, 0.15) is 5.56 Å². The smallest absolute Gasteiger partial charge is 0.178 e. The Morgan fingerprint density at radius 1 is 1.31 bits per heavy atom. The summed E-state index contributed by atoms with van der Waals surface area (Å²) in [7, 11) is -3.01. The lowest BCUT2D eigenvalue weighted by Crippen LogP contribution is -2.50.